The normalized spacial score (nSPS) is 11.4. The second-order valence-electron chi connectivity index (χ2n) is 6.01. The first-order valence-electron chi connectivity index (χ1n) is 8.17. The highest BCUT2D eigenvalue weighted by Crippen LogP contribution is 2.30. The van der Waals surface area contributed by atoms with Crippen LogP contribution in [0.15, 0.2) is 65.7 Å². The van der Waals surface area contributed by atoms with Crippen molar-refractivity contribution in [2.24, 2.45) is 0 Å². The number of benzene rings is 2. The molecule has 0 saturated carbocycles. The molecule has 0 aliphatic rings. The van der Waals surface area contributed by atoms with Gasteiger partial charge in [0, 0.05) is 17.1 Å². The molecule has 2 heterocycles. The number of anilines is 2. The average Bonchev–Trinajstić information content (AvgIpc) is 3.12. The predicted molar refractivity (Wildman–Crippen MR) is 106 cm³/mol. The fraction of sp³-hybridized carbons (Fsp3) is 0. The fourth-order valence-electron chi connectivity index (χ4n) is 3.00. The highest BCUT2D eigenvalue weighted by Gasteiger charge is 2.19. The monoisotopic (exact) mass is 390 g/mol. The van der Waals surface area contributed by atoms with Crippen molar-refractivity contribution < 1.29 is 8.42 Å². The van der Waals surface area contributed by atoms with Gasteiger partial charge in [-0.25, -0.2) is 17.4 Å². The number of rotatable bonds is 3. The minimum Gasteiger partial charge on any atom is -0.382 e. The fourth-order valence-corrected chi connectivity index (χ4v) is 4.37. The minimum absolute atomic E-state index is 0.00526. The Morgan fingerprint density at radius 1 is 1.00 bits per heavy atom. The van der Waals surface area contributed by atoms with Crippen LogP contribution in [0.1, 0.15) is 5.56 Å². The number of nitriles is 1. The van der Waals surface area contributed by atoms with Crippen LogP contribution in [0.25, 0.3) is 22.2 Å². The maximum absolute atomic E-state index is 12.9. The topological polar surface area (TPSA) is 141 Å². The van der Waals surface area contributed by atoms with E-state index in [1.54, 1.807) is 54.6 Å². The Hall–Kier alpha value is -3.90. The molecule has 4 N–H and O–H groups in total. The first-order valence-corrected chi connectivity index (χ1v) is 9.61. The van der Waals surface area contributed by atoms with E-state index in [1.807, 2.05) is 6.07 Å². The molecule has 8 nitrogen and oxygen atoms in total. The van der Waals surface area contributed by atoms with Gasteiger partial charge in [-0.15, -0.1) is 0 Å². The standard InChI is InChI=1S/C19H14N6O2S/c20-11-15-17(23-19(22)24-18(15)21)13-6-7-16-12(10-13)8-9-25(16)28(26,27)14-4-2-1-3-5-14/h1-10H,(H4,21,22,23,24). The first kappa shape index (κ1) is 17.5. The average molecular weight is 390 g/mol. The zero-order chi connectivity index (χ0) is 19.9. The van der Waals surface area contributed by atoms with Crippen molar-refractivity contribution >= 4 is 32.7 Å². The molecule has 0 saturated heterocycles. The molecule has 4 rings (SSSR count). The number of nitrogens with two attached hydrogens (primary N) is 2. The van der Waals surface area contributed by atoms with Crippen LogP contribution < -0.4 is 11.5 Å². The van der Waals surface area contributed by atoms with Gasteiger partial charge in [0.05, 0.1) is 16.1 Å². The van der Waals surface area contributed by atoms with Crippen LogP contribution in [-0.4, -0.2) is 22.4 Å². The molecular formula is C19H14N6O2S. The zero-order valence-corrected chi connectivity index (χ0v) is 15.3. The Morgan fingerprint density at radius 3 is 2.46 bits per heavy atom. The summed E-state index contributed by atoms with van der Waals surface area (Å²) >= 11 is 0. The largest absolute Gasteiger partial charge is 0.382 e. The van der Waals surface area contributed by atoms with Gasteiger partial charge in [-0.2, -0.15) is 10.2 Å². The maximum atomic E-state index is 12.9. The Labute approximate surface area is 160 Å². The number of aromatic nitrogens is 3. The van der Waals surface area contributed by atoms with Crippen LogP contribution in [-0.2, 0) is 10.0 Å². The van der Waals surface area contributed by atoms with E-state index in [0.717, 1.165) is 0 Å². The molecule has 138 valence electrons. The number of fused-ring (bicyclic) bond motifs is 1. The third-order valence-electron chi connectivity index (χ3n) is 4.29. The van der Waals surface area contributed by atoms with E-state index >= 15 is 0 Å². The van der Waals surface area contributed by atoms with Crippen molar-refractivity contribution in [3.05, 3.63) is 66.4 Å². The molecule has 9 heteroatoms. The highest BCUT2D eigenvalue weighted by atomic mass is 32.2. The van der Waals surface area contributed by atoms with Gasteiger partial charge in [0.1, 0.15) is 17.5 Å². The lowest BCUT2D eigenvalue weighted by molar-refractivity contribution is 0.589. The smallest absolute Gasteiger partial charge is 0.268 e. The van der Waals surface area contributed by atoms with Crippen LogP contribution in [0, 0.1) is 11.3 Å². The summed E-state index contributed by atoms with van der Waals surface area (Å²) in [5, 5.41) is 10.0. The summed E-state index contributed by atoms with van der Waals surface area (Å²) in [6, 6.07) is 16.9. The lowest BCUT2D eigenvalue weighted by Crippen LogP contribution is -2.11. The van der Waals surface area contributed by atoms with Gasteiger partial charge in [-0.3, -0.25) is 0 Å². The van der Waals surface area contributed by atoms with E-state index in [2.05, 4.69) is 9.97 Å². The Morgan fingerprint density at radius 2 is 1.75 bits per heavy atom. The van der Waals surface area contributed by atoms with E-state index in [1.165, 1.54) is 10.2 Å². The lowest BCUT2D eigenvalue weighted by atomic mass is 10.1. The quantitative estimate of drug-likeness (QED) is 0.547. The summed E-state index contributed by atoms with van der Waals surface area (Å²) in [7, 11) is -3.73. The molecule has 4 aromatic rings. The van der Waals surface area contributed by atoms with Gasteiger partial charge < -0.3 is 11.5 Å². The molecule has 0 unspecified atom stereocenters. The molecular weight excluding hydrogens is 376 g/mol. The number of hydrogen-bond donors (Lipinski definition) is 2. The second kappa shape index (κ2) is 6.37. The van der Waals surface area contributed by atoms with Crippen molar-refractivity contribution in [1.29, 1.82) is 5.26 Å². The van der Waals surface area contributed by atoms with Crippen LogP contribution in [0.4, 0.5) is 11.8 Å². The lowest BCUT2D eigenvalue weighted by Gasteiger charge is -2.09. The van der Waals surface area contributed by atoms with Gasteiger partial charge >= 0.3 is 0 Å². The van der Waals surface area contributed by atoms with Gasteiger partial charge in [0.25, 0.3) is 10.0 Å². The zero-order valence-electron chi connectivity index (χ0n) is 14.4. The van der Waals surface area contributed by atoms with E-state index in [-0.39, 0.29) is 22.2 Å². The van der Waals surface area contributed by atoms with Gasteiger partial charge in [-0.05, 0) is 30.3 Å². The maximum Gasteiger partial charge on any atom is 0.268 e. The summed E-state index contributed by atoms with van der Waals surface area (Å²) in [5.41, 5.74) is 12.9. The molecule has 0 atom stereocenters. The summed E-state index contributed by atoms with van der Waals surface area (Å²) in [4.78, 5) is 8.12. The predicted octanol–water partition coefficient (Wildman–Crippen LogP) is 2.37. The Bertz CT molecular complexity index is 1350. The number of nitrogens with zero attached hydrogens (tertiary/aromatic N) is 4. The third kappa shape index (κ3) is 2.72. The van der Waals surface area contributed by atoms with Crippen LogP contribution in [0.2, 0.25) is 0 Å². The molecule has 2 aromatic carbocycles. The Balaban J connectivity index is 1.88. The molecule has 0 amide bonds. The van der Waals surface area contributed by atoms with E-state index in [0.29, 0.717) is 22.2 Å². The minimum atomic E-state index is -3.73. The summed E-state index contributed by atoms with van der Waals surface area (Å²) in [6.07, 6.45) is 1.49. The van der Waals surface area contributed by atoms with E-state index in [9.17, 15) is 13.7 Å². The van der Waals surface area contributed by atoms with Crippen LogP contribution in [0.5, 0.6) is 0 Å². The van der Waals surface area contributed by atoms with Crippen molar-refractivity contribution in [3.63, 3.8) is 0 Å². The van der Waals surface area contributed by atoms with Crippen molar-refractivity contribution in [2.45, 2.75) is 4.90 Å². The van der Waals surface area contributed by atoms with Crippen LogP contribution >= 0.6 is 0 Å². The van der Waals surface area contributed by atoms with Crippen molar-refractivity contribution in [1.82, 2.24) is 13.9 Å². The molecule has 0 fully saturated rings. The van der Waals surface area contributed by atoms with E-state index in [4.69, 9.17) is 11.5 Å². The molecule has 2 aromatic heterocycles. The molecule has 0 aliphatic heterocycles. The van der Waals surface area contributed by atoms with Crippen molar-refractivity contribution in [2.75, 3.05) is 11.5 Å². The number of nitrogen functional groups attached to an aromatic ring is 2. The summed E-state index contributed by atoms with van der Waals surface area (Å²) in [6.45, 7) is 0. The molecule has 0 bridgehead atoms. The first-order chi connectivity index (χ1) is 13.4. The number of hydrogen-bond acceptors (Lipinski definition) is 7. The summed E-state index contributed by atoms with van der Waals surface area (Å²) in [5.74, 6) is -0.0508. The second-order valence-corrected chi connectivity index (χ2v) is 7.82. The van der Waals surface area contributed by atoms with Gasteiger partial charge in [0.15, 0.2) is 0 Å². The van der Waals surface area contributed by atoms with Crippen LogP contribution in [0.3, 0.4) is 0 Å². The van der Waals surface area contributed by atoms with Crippen molar-refractivity contribution in [3.8, 4) is 17.3 Å². The molecule has 28 heavy (non-hydrogen) atoms. The SMILES string of the molecule is N#Cc1c(N)nc(N)nc1-c1ccc2c(ccn2S(=O)(=O)c2ccccc2)c1. The molecule has 0 radical (unpaired) electrons. The molecule has 0 aliphatic carbocycles. The van der Waals surface area contributed by atoms with Gasteiger partial charge in [0.2, 0.25) is 5.95 Å². The van der Waals surface area contributed by atoms with E-state index < -0.39 is 10.0 Å². The summed E-state index contributed by atoms with van der Waals surface area (Å²) < 4.78 is 27.1. The molecule has 0 spiro atoms. The van der Waals surface area contributed by atoms with Gasteiger partial charge in [-0.1, -0.05) is 24.3 Å². The highest BCUT2D eigenvalue weighted by molar-refractivity contribution is 7.90. The Kier molecular flexibility index (Phi) is 3.98. The third-order valence-corrected chi connectivity index (χ3v) is 6.00.